The first-order valence-corrected chi connectivity index (χ1v) is 3.95. The van der Waals surface area contributed by atoms with Gasteiger partial charge in [-0.05, 0) is 13.8 Å². The molecule has 0 aromatic carbocycles. The Labute approximate surface area is 78.4 Å². The molecule has 0 aliphatic heterocycles. The zero-order valence-corrected chi connectivity index (χ0v) is 8.53. The first-order valence-electron chi connectivity index (χ1n) is 3.95. The van der Waals surface area contributed by atoms with Crippen LogP contribution in [0.4, 0.5) is 0 Å². The Morgan fingerprint density at radius 2 is 1.23 bits per heavy atom. The van der Waals surface area contributed by atoms with E-state index in [4.69, 9.17) is 16.2 Å². The zero-order chi connectivity index (χ0) is 11.0. The molecule has 0 radical (unpaired) electrons. The maximum Gasteiger partial charge on any atom is 0.195 e. The third-order valence-electron chi connectivity index (χ3n) is 0.925. The summed E-state index contributed by atoms with van der Waals surface area (Å²) in [7, 11) is 0. The van der Waals surface area contributed by atoms with Gasteiger partial charge in [-0.15, -0.1) is 0 Å². The highest BCUT2D eigenvalue weighted by Crippen LogP contribution is 1.81. The van der Waals surface area contributed by atoms with Crippen LogP contribution in [-0.2, 0) is 14.3 Å². The average Bonchev–Trinajstić information content (AvgIpc) is 1.84. The first-order chi connectivity index (χ1) is 5.77. The van der Waals surface area contributed by atoms with Crippen LogP contribution in [0.1, 0.15) is 27.7 Å². The van der Waals surface area contributed by atoms with Crippen molar-refractivity contribution in [3.8, 4) is 0 Å². The quantitative estimate of drug-likeness (QED) is 0.473. The van der Waals surface area contributed by atoms with E-state index in [9.17, 15) is 9.59 Å². The van der Waals surface area contributed by atoms with E-state index in [1.165, 1.54) is 13.8 Å². The van der Waals surface area contributed by atoms with Gasteiger partial charge in [-0.1, -0.05) is 0 Å². The standard InChI is InChI=1S/C4H12N2O.C4H6O2/c1-3(5)7-4(2)6;1-3(5)4(2)6/h3-4H,5-6H2,1-2H3;1-2H3. The third-order valence-corrected chi connectivity index (χ3v) is 0.925. The maximum absolute atomic E-state index is 9.79. The molecule has 0 spiro atoms. The topological polar surface area (TPSA) is 95.4 Å². The molecule has 5 nitrogen and oxygen atoms in total. The number of hydrogen-bond donors (Lipinski definition) is 2. The van der Waals surface area contributed by atoms with Crippen molar-refractivity contribution >= 4 is 11.6 Å². The van der Waals surface area contributed by atoms with E-state index < -0.39 is 0 Å². The van der Waals surface area contributed by atoms with E-state index in [2.05, 4.69) is 0 Å². The summed E-state index contributed by atoms with van der Waals surface area (Å²) < 4.78 is 4.81. The van der Waals surface area contributed by atoms with Crippen molar-refractivity contribution < 1.29 is 14.3 Å². The lowest BCUT2D eigenvalue weighted by atomic mass is 10.3. The van der Waals surface area contributed by atoms with Crippen molar-refractivity contribution in [2.24, 2.45) is 11.5 Å². The number of ketones is 2. The van der Waals surface area contributed by atoms with Gasteiger partial charge in [0, 0.05) is 13.8 Å². The molecule has 0 fully saturated rings. The van der Waals surface area contributed by atoms with Crippen molar-refractivity contribution in [2.45, 2.75) is 40.2 Å². The van der Waals surface area contributed by atoms with E-state index in [-0.39, 0.29) is 24.0 Å². The van der Waals surface area contributed by atoms with Gasteiger partial charge in [0.05, 0.1) is 0 Å². The van der Waals surface area contributed by atoms with Crippen LogP contribution in [0.2, 0.25) is 0 Å². The van der Waals surface area contributed by atoms with Crippen LogP contribution in [0.25, 0.3) is 0 Å². The number of ether oxygens (including phenoxy) is 1. The summed E-state index contributed by atoms with van der Waals surface area (Å²) in [6, 6.07) is 0. The fourth-order valence-electron chi connectivity index (χ4n) is 0.339. The predicted octanol–water partition coefficient (Wildman–Crippen LogP) is -0.223. The molecule has 0 saturated heterocycles. The van der Waals surface area contributed by atoms with E-state index in [1.54, 1.807) is 13.8 Å². The Hall–Kier alpha value is -0.780. The van der Waals surface area contributed by atoms with Crippen LogP contribution < -0.4 is 11.5 Å². The van der Waals surface area contributed by atoms with Crippen molar-refractivity contribution in [3.05, 3.63) is 0 Å². The lowest BCUT2D eigenvalue weighted by Crippen LogP contribution is -2.29. The van der Waals surface area contributed by atoms with Crippen LogP contribution in [0.3, 0.4) is 0 Å². The molecule has 0 heterocycles. The predicted molar refractivity (Wildman–Crippen MR) is 49.7 cm³/mol. The number of Topliss-reactive ketones (excluding diaryl/α,β-unsaturated/α-hetero) is 2. The van der Waals surface area contributed by atoms with Gasteiger partial charge in [0.1, 0.15) is 12.5 Å². The number of rotatable bonds is 3. The summed E-state index contributed by atoms with van der Waals surface area (Å²) in [6.07, 6.45) is -0.500. The summed E-state index contributed by atoms with van der Waals surface area (Å²) in [5.74, 6) is -0.759. The van der Waals surface area contributed by atoms with E-state index in [0.717, 1.165) is 0 Å². The number of carbonyl (C=O) groups is 2. The van der Waals surface area contributed by atoms with Crippen LogP contribution in [0.15, 0.2) is 0 Å². The molecule has 2 atom stereocenters. The largest absolute Gasteiger partial charge is 0.346 e. The first kappa shape index (κ1) is 14.7. The molecule has 0 saturated carbocycles. The van der Waals surface area contributed by atoms with E-state index in [0.29, 0.717) is 0 Å². The Morgan fingerprint density at radius 1 is 1.00 bits per heavy atom. The van der Waals surface area contributed by atoms with Crippen LogP contribution >= 0.6 is 0 Å². The highest BCUT2D eigenvalue weighted by atomic mass is 16.5. The Morgan fingerprint density at radius 3 is 1.23 bits per heavy atom. The molecule has 0 rings (SSSR count). The number of nitrogens with two attached hydrogens (primary N) is 2. The third kappa shape index (κ3) is 18.3. The summed E-state index contributed by atoms with van der Waals surface area (Å²) in [5, 5.41) is 0. The molecule has 78 valence electrons. The SMILES string of the molecule is CC(=O)C(C)=O.CC(N)OC(C)N. The van der Waals surface area contributed by atoms with Gasteiger partial charge in [-0.25, -0.2) is 0 Å². The minimum absolute atomic E-state index is 0.250. The molecule has 0 aliphatic carbocycles. The second-order valence-electron chi connectivity index (χ2n) is 2.66. The van der Waals surface area contributed by atoms with Gasteiger partial charge in [0.25, 0.3) is 0 Å². The lowest BCUT2D eigenvalue weighted by Gasteiger charge is -2.09. The second-order valence-corrected chi connectivity index (χ2v) is 2.66. The molecule has 5 heteroatoms. The van der Waals surface area contributed by atoms with Gasteiger partial charge in [0.2, 0.25) is 0 Å². The van der Waals surface area contributed by atoms with E-state index >= 15 is 0 Å². The number of hydrogen-bond acceptors (Lipinski definition) is 5. The molecule has 13 heavy (non-hydrogen) atoms. The minimum atomic E-state index is -0.380. The van der Waals surface area contributed by atoms with Gasteiger partial charge in [0.15, 0.2) is 11.6 Å². The molecule has 2 unspecified atom stereocenters. The van der Waals surface area contributed by atoms with Gasteiger partial charge in [-0.3, -0.25) is 9.59 Å². The lowest BCUT2D eigenvalue weighted by molar-refractivity contribution is -0.134. The molecule has 0 aromatic rings. The van der Waals surface area contributed by atoms with Crippen molar-refractivity contribution in [2.75, 3.05) is 0 Å². The van der Waals surface area contributed by atoms with Gasteiger partial charge >= 0.3 is 0 Å². The van der Waals surface area contributed by atoms with Crippen LogP contribution in [-0.4, -0.2) is 24.0 Å². The summed E-state index contributed by atoms with van der Waals surface area (Å²) in [6.45, 7) is 5.98. The van der Waals surface area contributed by atoms with Gasteiger partial charge < -0.3 is 16.2 Å². The van der Waals surface area contributed by atoms with Crippen LogP contribution in [0.5, 0.6) is 0 Å². The Balaban J connectivity index is 0. The van der Waals surface area contributed by atoms with Crippen molar-refractivity contribution in [1.29, 1.82) is 0 Å². The summed E-state index contributed by atoms with van der Waals surface area (Å²) in [4.78, 5) is 19.6. The second kappa shape index (κ2) is 7.85. The molecular weight excluding hydrogens is 172 g/mol. The summed E-state index contributed by atoms with van der Waals surface area (Å²) >= 11 is 0. The Kier molecular flexibility index (Phi) is 8.89. The van der Waals surface area contributed by atoms with E-state index in [1.807, 2.05) is 0 Å². The number of carbonyl (C=O) groups excluding carboxylic acids is 2. The van der Waals surface area contributed by atoms with Gasteiger partial charge in [-0.2, -0.15) is 0 Å². The molecule has 0 aromatic heterocycles. The fourth-order valence-corrected chi connectivity index (χ4v) is 0.339. The fraction of sp³-hybridized carbons (Fsp3) is 0.750. The van der Waals surface area contributed by atoms with Crippen LogP contribution in [0, 0.1) is 0 Å². The van der Waals surface area contributed by atoms with Crippen molar-refractivity contribution in [3.63, 3.8) is 0 Å². The molecule has 0 bridgehead atoms. The van der Waals surface area contributed by atoms with Crippen molar-refractivity contribution in [1.82, 2.24) is 0 Å². The molecule has 0 aliphatic rings. The summed E-state index contributed by atoms with van der Waals surface area (Å²) in [5.41, 5.74) is 10.4. The molecule has 4 N–H and O–H groups in total. The minimum Gasteiger partial charge on any atom is -0.346 e. The maximum atomic E-state index is 9.79. The monoisotopic (exact) mass is 190 g/mol. The normalized spacial score (nSPS) is 13.7. The highest BCUT2D eigenvalue weighted by molar-refractivity contribution is 6.35. The zero-order valence-electron chi connectivity index (χ0n) is 8.53. The smallest absolute Gasteiger partial charge is 0.195 e. The Bertz CT molecular complexity index is 149. The molecule has 0 amide bonds. The average molecular weight is 190 g/mol. The highest BCUT2D eigenvalue weighted by Gasteiger charge is 1.94. The molecular formula is C8H18N2O3.